The largest absolute Gasteiger partial charge is 0.376 e. The molecular formula is C18H21N5O3. The van der Waals surface area contributed by atoms with Crippen molar-refractivity contribution in [2.75, 3.05) is 13.2 Å². The van der Waals surface area contributed by atoms with Crippen LogP contribution in [0.1, 0.15) is 29.0 Å². The van der Waals surface area contributed by atoms with Crippen LogP contribution >= 0.6 is 0 Å². The second-order valence-electron chi connectivity index (χ2n) is 6.66. The molecule has 4 heterocycles. The molecule has 4 rings (SSSR count). The smallest absolute Gasteiger partial charge is 0.272 e. The number of nitrogens with zero attached hydrogens (tertiary/aromatic N) is 3. The number of ether oxygens (including phenoxy) is 1. The molecule has 2 fully saturated rings. The van der Waals surface area contributed by atoms with Crippen LogP contribution in [0, 0.1) is 5.92 Å². The fourth-order valence-electron chi connectivity index (χ4n) is 3.72. The van der Waals surface area contributed by atoms with Gasteiger partial charge in [0.25, 0.3) is 5.91 Å². The summed E-state index contributed by atoms with van der Waals surface area (Å²) < 4.78 is 5.79. The normalized spacial score (nSPS) is 24.9. The first kappa shape index (κ1) is 16.7. The molecule has 0 radical (unpaired) electrons. The standard InChI is InChI=1S/C18H21N5O3/c24-17(20-10-13-3-1-2-6-19-13)12-9-16-15(5-8-26-16)23(11-12)18(25)14-4-7-21-22-14/h1-4,6-7,12,15-16H,5,8-11H2,(H,20,24)(H,21,22)/t12-,15-,16-/m1/s1. The molecule has 2 amide bonds. The van der Waals surface area contributed by atoms with Crippen LogP contribution in [0.15, 0.2) is 36.7 Å². The highest BCUT2D eigenvalue weighted by atomic mass is 16.5. The van der Waals surface area contributed by atoms with Gasteiger partial charge in [0.05, 0.1) is 30.3 Å². The summed E-state index contributed by atoms with van der Waals surface area (Å²) in [5.41, 5.74) is 1.24. The van der Waals surface area contributed by atoms with E-state index in [9.17, 15) is 9.59 Å². The van der Waals surface area contributed by atoms with Crippen LogP contribution < -0.4 is 5.32 Å². The molecule has 0 spiro atoms. The lowest BCUT2D eigenvalue weighted by Gasteiger charge is -2.40. The van der Waals surface area contributed by atoms with Crippen molar-refractivity contribution >= 4 is 11.8 Å². The van der Waals surface area contributed by atoms with Crippen molar-refractivity contribution in [3.63, 3.8) is 0 Å². The SMILES string of the molecule is O=C(NCc1ccccn1)[C@@H]1C[C@H]2OCC[C@H]2N(C(=O)c2ccn[nH]2)C1. The maximum absolute atomic E-state index is 12.8. The number of likely N-dealkylation sites (tertiary alicyclic amines) is 1. The highest BCUT2D eigenvalue weighted by Crippen LogP contribution is 2.32. The molecule has 0 aromatic carbocycles. The second kappa shape index (κ2) is 7.25. The molecule has 2 aliphatic heterocycles. The minimum atomic E-state index is -0.301. The summed E-state index contributed by atoms with van der Waals surface area (Å²) >= 11 is 0. The van der Waals surface area contributed by atoms with Crippen molar-refractivity contribution in [1.29, 1.82) is 0 Å². The van der Waals surface area contributed by atoms with Gasteiger partial charge in [-0.05, 0) is 31.0 Å². The minimum absolute atomic E-state index is 0.0191. The van der Waals surface area contributed by atoms with Gasteiger partial charge in [0.1, 0.15) is 5.69 Å². The topological polar surface area (TPSA) is 100 Å². The van der Waals surface area contributed by atoms with Gasteiger partial charge in [0.15, 0.2) is 0 Å². The zero-order chi connectivity index (χ0) is 17.9. The predicted molar refractivity (Wildman–Crippen MR) is 92.0 cm³/mol. The summed E-state index contributed by atoms with van der Waals surface area (Å²) in [6, 6.07) is 7.26. The fourth-order valence-corrected chi connectivity index (χ4v) is 3.72. The highest BCUT2D eigenvalue weighted by Gasteiger charge is 2.44. The van der Waals surface area contributed by atoms with Crippen LogP contribution in [0.2, 0.25) is 0 Å². The van der Waals surface area contributed by atoms with Gasteiger partial charge in [-0.25, -0.2) is 0 Å². The van der Waals surface area contributed by atoms with Crippen LogP contribution in [0.25, 0.3) is 0 Å². The van der Waals surface area contributed by atoms with E-state index >= 15 is 0 Å². The number of carbonyl (C=O) groups excluding carboxylic acids is 2. The van der Waals surface area contributed by atoms with Crippen molar-refractivity contribution < 1.29 is 14.3 Å². The Morgan fingerprint density at radius 2 is 2.23 bits per heavy atom. The number of nitrogens with one attached hydrogen (secondary N) is 2. The first-order valence-electron chi connectivity index (χ1n) is 8.82. The van der Waals surface area contributed by atoms with Gasteiger partial charge in [-0.15, -0.1) is 0 Å². The molecule has 2 aliphatic rings. The number of amides is 2. The second-order valence-corrected chi connectivity index (χ2v) is 6.66. The van der Waals surface area contributed by atoms with E-state index in [1.165, 1.54) is 0 Å². The third-order valence-corrected chi connectivity index (χ3v) is 5.04. The molecule has 2 saturated heterocycles. The number of piperidine rings is 1. The number of hydrogen-bond donors (Lipinski definition) is 2. The first-order valence-corrected chi connectivity index (χ1v) is 8.82. The third kappa shape index (κ3) is 3.32. The average Bonchev–Trinajstić information content (AvgIpc) is 3.37. The quantitative estimate of drug-likeness (QED) is 0.843. The molecule has 8 heteroatoms. The number of aromatic amines is 1. The molecule has 3 atom stereocenters. The van der Waals surface area contributed by atoms with E-state index in [0.717, 1.165) is 12.1 Å². The van der Waals surface area contributed by atoms with Crippen LogP contribution in [0.3, 0.4) is 0 Å². The summed E-state index contributed by atoms with van der Waals surface area (Å²) in [4.78, 5) is 31.4. The van der Waals surface area contributed by atoms with Gasteiger partial charge in [-0.3, -0.25) is 19.7 Å². The van der Waals surface area contributed by atoms with E-state index in [1.807, 2.05) is 18.2 Å². The molecule has 136 valence electrons. The molecule has 26 heavy (non-hydrogen) atoms. The lowest BCUT2D eigenvalue weighted by molar-refractivity contribution is -0.128. The van der Waals surface area contributed by atoms with Crippen LogP contribution in [0.5, 0.6) is 0 Å². The van der Waals surface area contributed by atoms with Crippen LogP contribution in [-0.2, 0) is 16.1 Å². The average molecular weight is 355 g/mol. The van der Waals surface area contributed by atoms with E-state index in [1.54, 1.807) is 23.4 Å². The Hall–Kier alpha value is -2.74. The Bertz CT molecular complexity index is 764. The fraction of sp³-hybridized carbons (Fsp3) is 0.444. The molecule has 8 nitrogen and oxygen atoms in total. The number of aromatic nitrogens is 3. The highest BCUT2D eigenvalue weighted by molar-refractivity contribution is 5.93. The number of carbonyl (C=O) groups is 2. The van der Waals surface area contributed by atoms with Crippen molar-refractivity contribution in [3.05, 3.63) is 48.0 Å². The van der Waals surface area contributed by atoms with E-state index < -0.39 is 0 Å². The van der Waals surface area contributed by atoms with E-state index in [2.05, 4.69) is 20.5 Å². The molecular weight excluding hydrogens is 334 g/mol. The number of pyridine rings is 1. The third-order valence-electron chi connectivity index (χ3n) is 5.04. The van der Waals surface area contributed by atoms with E-state index in [4.69, 9.17) is 4.74 Å². The maximum atomic E-state index is 12.8. The van der Waals surface area contributed by atoms with E-state index in [-0.39, 0.29) is 29.9 Å². The van der Waals surface area contributed by atoms with Crippen LogP contribution in [-0.4, -0.2) is 57.2 Å². The van der Waals surface area contributed by atoms with Gasteiger partial charge < -0.3 is 15.0 Å². The van der Waals surface area contributed by atoms with Gasteiger partial charge in [0, 0.05) is 25.5 Å². The van der Waals surface area contributed by atoms with Crippen molar-refractivity contribution in [2.45, 2.75) is 31.5 Å². The number of rotatable bonds is 4. The molecule has 0 saturated carbocycles. The van der Waals surface area contributed by atoms with Gasteiger partial charge in [0.2, 0.25) is 5.91 Å². The minimum Gasteiger partial charge on any atom is -0.376 e. The predicted octanol–water partition coefficient (Wildman–Crippen LogP) is 0.741. The van der Waals surface area contributed by atoms with E-state index in [0.29, 0.717) is 31.8 Å². The Kier molecular flexibility index (Phi) is 4.66. The zero-order valence-electron chi connectivity index (χ0n) is 14.3. The zero-order valence-corrected chi connectivity index (χ0v) is 14.3. The number of H-pyrrole nitrogens is 1. The molecule has 2 aromatic rings. The molecule has 0 unspecified atom stereocenters. The van der Waals surface area contributed by atoms with Gasteiger partial charge in [-0.2, -0.15) is 5.10 Å². The summed E-state index contributed by atoms with van der Waals surface area (Å²) in [6.07, 6.45) is 4.58. The van der Waals surface area contributed by atoms with Crippen molar-refractivity contribution in [3.8, 4) is 0 Å². The van der Waals surface area contributed by atoms with Gasteiger partial charge in [-0.1, -0.05) is 6.07 Å². The summed E-state index contributed by atoms with van der Waals surface area (Å²) in [6.45, 7) is 1.38. The molecule has 0 bridgehead atoms. The van der Waals surface area contributed by atoms with Gasteiger partial charge >= 0.3 is 0 Å². The Labute approximate surface area is 150 Å². The van der Waals surface area contributed by atoms with Crippen LogP contribution in [0.4, 0.5) is 0 Å². The molecule has 0 aliphatic carbocycles. The monoisotopic (exact) mass is 355 g/mol. The lowest BCUT2D eigenvalue weighted by atomic mass is 9.89. The summed E-state index contributed by atoms with van der Waals surface area (Å²) in [5.74, 6) is -0.512. The first-order chi connectivity index (χ1) is 12.7. The number of hydrogen-bond acceptors (Lipinski definition) is 5. The number of fused-ring (bicyclic) bond motifs is 1. The maximum Gasteiger partial charge on any atom is 0.272 e. The Balaban J connectivity index is 1.45. The molecule has 2 N–H and O–H groups in total. The lowest BCUT2D eigenvalue weighted by Crippen LogP contribution is -2.55. The summed E-state index contributed by atoms with van der Waals surface area (Å²) in [7, 11) is 0. The Morgan fingerprint density at radius 1 is 1.31 bits per heavy atom. The summed E-state index contributed by atoms with van der Waals surface area (Å²) in [5, 5.41) is 9.49. The molecule has 2 aromatic heterocycles. The Morgan fingerprint density at radius 3 is 3.00 bits per heavy atom. The van der Waals surface area contributed by atoms with Crippen molar-refractivity contribution in [1.82, 2.24) is 25.4 Å². The van der Waals surface area contributed by atoms with Crippen molar-refractivity contribution in [2.24, 2.45) is 5.92 Å².